The lowest BCUT2D eigenvalue weighted by atomic mass is 10.1. The maximum absolute atomic E-state index is 12.7. The van der Waals surface area contributed by atoms with Crippen LogP contribution in [-0.2, 0) is 4.79 Å². The molecular formula is C24H24N2O4. The van der Waals surface area contributed by atoms with Crippen LogP contribution in [0.3, 0.4) is 0 Å². The van der Waals surface area contributed by atoms with Gasteiger partial charge in [0.25, 0.3) is 11.8 Å². The van der Waals surface area contributed by atoms with Gasteiger partial charge in [-0.3, -0.25) is 9.59 Å². The molecule has 0 saturated heterocycles. The van der Waals surface area contributed by atoms with Crippen molar-refractivity contribution in [2.45, 2.75) is 13.8 Å². The lowest BCUT2D eigenvalue weighted by molar-refractivity contribution is -0.117. The molecule has 0 fully saturated rings. The summed E-state index contributed by atoms with van der Waals surface area (Å²) in [6.45, 7) is 4.52. The van der Waals surface area contributed by atoms with E-state index in [0.29, 0.717) is 17.9 Å². The molecule has 3 rings (SSSR count). The highest BCUT2D eigenvalue weighted by Gasteiger charge is 2.15. The lowest BCUT2D eigenvalue weighted by Gasteiger charge is -2.12. The highest BCUT2D eigenvalue weighted by atomic mass is 16.5. The van der Waals surface area contributed by atoms with Gasteiger partial charge < -0.3 is 19.8 Å². The number of benzene rings is 2. The van der Waals surface area contributed by atoms with E-state index < -0.39 is 5.91 Å². The molecule has 0 atom stereocenters. The lowest BCUT2D eigenvalue weighted by Crippen LogP contribution is -2.36. The van der Waals surface area contributed by atoms with Crippen molar-refractivity contribution in [3.63, 3.8) is 0 Å². The molecule has 6 heteroatoms. The van der Waals surface area contributed by atoms with E-state index in [-0.39, 0.29) is 18.1 Å². The molecule has 0 unspecified atom stereocenters. The Labute approximate surface area is 175 Å². The van der Waals surface area contributed by atoms with E-state index in [2.05, 4.69) is 10.6 Å². The number of aryl methyl sites for hydroxylation is 2. The number of furan rings is 1. The van der Waals surface area contributed by atoms with Crippen LogP contribution in [0.1, 0.15) is 27.2 Å². The minimum Gasteiger partial charge on any atom is -0.492 e. The molecule has 0 aliphatic heterocycles. The summed E-state index contributed by atoms with van der Waals surface area (Å²) in [6.07, 6.45) is 2.99. The minimum atomic E-state index is -0.431. The second kappa shape index (κ2) is 10.1. The number of amides is 2. The van der Waals surface area contributed by atoms with E-state index in [1.54, 1.807) is 24.3 Å². The number of nitrogens with one attached hydrogen (secondary N) is 2. The van der Waals surface area contributed by atoms with Crippen molar-refractivity contribution in [3.05, 3.63) is 95.1 Å². The molecule has 154 valence electrons. The summed E-state index contributed by atoms with van der Waals surface area (Å²) in [4.78, 5) is 25.2. The van der Waals surface area contributed by atoms with Crippen LogP contribution >= 0.6 is 0 Å². The maximum atomic E-state index is 12.7. The van der Waals surface area contributed by atoms with Crippen molar-refractivity contribution < 1.29 is 18.7 Å². The number of hydrogen-bond acceptors (Lipinski definition) is 4. The Bertz CT molecular complexity index is 1000. The van der Waals surface area contributed by atoms with Crippen LogP contribution in [0.4, 0.5) is 0 Å². The van der Waals surface area contributed by atoms with Gasteiger partial charge in [-0.15, -0.1) is 0 Å². The third kappa shape index (κ3) is 6.10. The fraction of sp³-hybridized carbons (Fsp3) is 0.167. The number of hydrogen-bond donors (Lipinski definition) is 2. The number of ether oxygens (including phenoxy) is 1. The van der Waals surface area contributed by atoms with Crippen molar-refractivity contribution in [2.75, 3.05) is 13.2 Å². The van der Waals surface area contributed by atoms with Gasteiger partial charge in [0.2, 0.25) is 0 Å². The molecular weight excluding hydrogens is 380 g/mol. The Kier molecular flexibility index (Phi) is 7.05. The standard InChI is InChI=1S/C24H24N2O4/c1-17-5-9-19(10-6-17)23(27)26-22(16-21-4-3-14-29-21)24(28)25-13-15-30-20-11-7-18(2)8-12-20/h3-12,14,16H,13,15H2,1-2H3,(H,25,28)(H,26,27)/b22-16-. The highest BCUT2D eigenvalue weighted by molar-refractivity contribution is 6.05. The molecule has 0 saturated carbocycles. The molecule has 0 aliphatic carbocycles. The van der Waals surface area contributed by atoms with Crippen LogP contribution in [0.25, 0.3) is 6.08 Å². The van der Waals surface area contributed by atoms with E-state index in [0.717, 1.165) is 16.9 Å². The van der Waals surface area contributed by atoms with E-state index >= 15 is 0 Å². The molecule has 2 N–H and O–H groups in total. The maximum Gasteiger partial charge on any atom is 0.268 e. The van der Waals surface area contributed by atoms with Crippen LogP contribution in [0.2, 0.25) is 0 Å². The molecule has 3 aromatic rings. The van der Waals surface area contributed by atoms with Crippen molar-refractivity contribution in [3.8, 4) is 5.75 Å². The normalized spacial score (nSPS) is 11.1. The number of carbonyl (C=O) groups excluding carboxylic acids is 2. The zero-order chi connectivity index (χ0) is 21.3. The summed E-state index contributed by atoms with van der Waals surface area (Å²) >= 11 is 0. The SMILES string of the molecule is Cc1ccc(OCCNC(=O)/C(=C/c2ccco2)NC(=O)c2ccc(C)cc2)cc1. The van der Waals surface area contributed by atoms with Gasteiger partial charge in [-0.05, 0) is 50.2 Å². The Morgan fingerprint density at radius 3 is 2.27 bits per heavy atom. The second-order valence-corrected chi connectivity index (χ2v) is 6.81. The summed E-state index contributed by atoms with van der Waals surface area (Å²) in [6, 6.07) is 18.2. The van der Waals surface area contributed by atoms with Crippen molar-refractivity contribution >= 4 is 17.9 Å². The van der Waals surface area contributed by atoms with E-state index in [4.69, 9.17) is 9.15 Å². The molecule has 30 heavy (non-hydrogen) atoms. The smallest absolute Gasteiger partial charge is 0.268 e. The molecule has 0 radical (unpaired) electrons. The third-order valence-corrected chi connectivity index (χ3v) is 4.31. The van der Waals surface area contributed by atoms with Gasteiger partial charge in [-0.1, -0.05) is 35.4 Å². The molecule has 2 aromatic carbocycles. The first kappa shape index (κ1) is 20.9. The fourth-order valence-electron chi connectivity index (χ4n) is 2.64. The highest BCUT2D eigenvalue weighted by Crippen LogP contribution is 2.11. The van der Waals surface area contributed by atoms with Gasteiger partial charge in [-0.25, -0.2) is 0 Å². The third-order valence-electron chi connectivity index (χ3n) is 4.31. The van der Waals surface area contributed by atoms with Gasteiger partial charge in [0.05, 0.1) is 12.8 Å². The summed E-state index contributed by atoms with van der Waals surface area (Å²) in [5, 5.41) is 5.42. The van der Waals surface area contributed by atoms with Gasteiger partial charge in [0.1, 0.15) is 23.8 Å². The largest absolute Gasteiger partial charge is 0.492 e. The summed E-state index contributed by atoms with van der Waals surface area (Å²) in [7, 11) is 0. The predicted molar refractivity (Wildman–Crippen MR) is 115 cm³/mol. The average Bonchev–Trinajstić information content (AvgIpc) is 3.25. The second-order valence-electron chi connectivity index (χ2n) is 6.81. The van der Waals surface area contributed by atoms with Crippen LogP contribution in [-0.4, -0.2) is 25.0 Å². The molecule has 6 nitrogen and oxygen atoms in total. The number of carbonyl (C=O) groups is 2. The molecule has 1 aromatic heterocycles. The molecule has 0 bridgehead atoms. The minimum absolute atomic E-state index is 0.0888. The topological polar surface area (TPSA) is 80.6 Å². The van der Waals surface area contributed by atoms with Crippen LogP contribution < -0.4 is 15.4 Å². The predicted octanol–water partition coefficient (Wildman–Crippen LogP) is 3.86. The first-order chi connectivity index (χ1) is 14.5. The van der Waals surface area contributed by atoms with E-state index in [1.165, 1.54) is 12.3 Å². The summed E-state index contributed by atoms with van der Waals surface area (Å²) in [5.41, 5.74) is 2.74. The number of rotatable bonds is 8. The Hall–Kier alpha value is -3.80. The van der Waals surface area contributed by atoms with Gasteiger partial charge in [0, 0.05) is 11.6 Å². The van der Waals surface area contributed by atoms with Gasteiger partial charge in [0.15, 0.2) is 0 Å². The van der Waals surface area contributed by atoms with Gasteiger partial charge >= 0.3 is 0 Å². The monoisotopic (exact) mass is 404 g/mol. The summed E-state index contributed by atoms with van der Waals surface area (Å²) < 4.78 is 10.9. The fourth-order valence-corrected chi connectivity index (χ4v) is 2.64. The Morgan fingerprint density at radius 2 is 1.63 bits per heavy atom. The van der Waals surface area contributed by atoms with Crippen LogP contribution in [0.15, 0.2) is 77.0 Å². The van der Waals surface area contributed by atoms with Crippen molar-refractivity contribution in [1.29, 1.82) is 0 Å². The molecule has 0 aliphatic rings. The van der Waals surface area contributed by atoms with Crippen molar-refractivity contribution in [2.24, 2.45) is 0 Å². The average molecular weight is 404 g/mol. The van der Waals surface area contributed by atoms with E-state index in [9.17, 15) is 9.59 Å². The first-order valence-corrected chi connectivity index (χ1v) is 9.62. The van der Waals surface area contributed by atoms with Crippen LogP contribution in [0, 0.1) is 13.8 Å². The zero-order valence-corrected chi connectivity index (χ0v) is 17.0. The molecule has 0 spiro atoms. The zero-order valence-electron chi connectivity index (χ0n) is 17.0. The van der Waals surface area contributed by atoms with E-state index in [1.807, 2.05) is 50.2 Å². The Morgan fingerprint density at radius 1 is 0.967 bits per heavy atom. The Balaban J connectivity index is 1.61. The molecule has 2 amide bonds. The van der Waals surface area contributed by atoms with Gasteiger partial charge in [-0.2, -0.15) is 0 Å². The van der Waals surface area contributed by atoms with Crippen LogP contribution in [0.5, 0.6) is 5.75 Å². The van der Waals surface area contributed by atoms with Crippen molar-refractivity contribution in [1.82, 2.24) is 10.6 Å². The quantitative estimate of drug-likeness (QED) is 0.441. The molecule has 1 heterocycles. The summed E-state index contributed by atoms with van der Waals surface area (Å²) in [5.74, 6) is 0.382. The first-order valence-electron chi connectivity index (χ1n) is 9.62.